The lowest BCUT2D eigenvalue weighted by Gasteiger charge is -2.26. The highest BCUT2D eigenvalue weighted by atomic mass is 35.5. The van der Waals surface area contributed by atoms with Crippen molar-refractivity contribution in [1.82, 2.24) is 15.2 Å². The van der Waals surface area contributed by atoms with Crippen molar-refractivity contribution < 1.29 is 9.21 Å². The Bertz CT molecular complexity index is 1460. The number of amides is 1. The van der Waals surface area contributed by atoms with Crippen LogP contribution in [0.15, 0.2) is 83.4 Å². The molecule has 0 unspecified atom stereocenters. The van der Waals surface area contributed by atoms with Crippen LogP contribution in [-0.4, -0.2) is 27.4 Å². The number of carbonyl (C=O) groups is 1. The maximum absolute atomic E-state index is 12.9. The second kappa shape index (κ2) is 11.4. The number of thiocarbonyl (C=S) groups is 1. The topological polar surface area (TPSA) is 70.4 Å². The fraction of sp³-hybridized carbons (Fsp3) is 0.233. The van der Waals surface area contributed by atoms with E-state index in [4.69, 9.17) is 28.2 Å². The first-order valence-corrected chi connectivity index (χ1v) is 13.5. The molecule has 0 radical (unpaired) electrons. The van der Waals surface area contributed by atoms with Gasteiger partial charge in [-0.3, -0.25) is 9.78 Å². The highest BCUT2D eigenvalue weighted by molar-refractivity contribution is 7.80. The lowest BCUT2D eigenvalue weighted by atomic mass is 10.0. The third-order valence-corrected chi connectivity index (χ3v) is 7.66. The summed E-state index contributed by atoms with van der Waals surface area (Å²) in [4.78, 5) is 19.5. The first kappa shape index (κ1) is 25.9. The summed E-state index contributed by atoms with van der Waals surface area (Å²) in [5.41, 5.74) is 4.69. The van der Waals surface area contributed by atoms with Crippen molar-refractivity contribution in [3.63, 3.8) is 0 Å². The van der Waals surface area contributed by atoms with Crippen LogP contribution in [0.4, 0.5) is 5.69 Å². The predicted octanol–water partition coefficient (Wildman–Crippen LogP) is 6.87. The molecule has 1 saturated heterocycles. The van der Waals surface area contributed by atoms with Crippen molar-refractivity contribution in [1.29, 1.82) is 0 Å². The van der Waals surface area contributed by atoms with Crippen LogP contribution in [0.2, 0.25) is 5.02 Å². The smallest absolute Gasteiger partial charge is 0.226 e. The molecule has 0 saturated carbocycles. The zero-order valence-electron chi connectivity index (χ0n) is 21.3. The third kappa shape index (κ3) is 5.30. The number of benzene rings is 2. The van der Waals surface area contributed by atoms with Crippen LogP contribution in [0, 0.1) is 6.92 Å². The van der Waals surface area contributed by atoms with E-state index >= 15 is 0 Å². The predicted molar refractivity (Wildman–Crippen MR) is 155 cm³/mol. The molecule has 2 N–H and O–H groups in total. The summed E-state index contributed by atoms with van der Waals surface area (Å²) in [6.45, 7) is 4.47. The van der Waals surface area contributed by atoms with Crippen LogP contribution in [0.5, 0.6) is 0 Å². The van der Waals surface area contributed by atoms with E-state index in [9.17, 15) is 4.79 Å². The zero-order valence-corrected chi connectivity index (χ0v) is 22.9. The number of halogens is 1. The summed E-state index contributed by atoms with van der Waals surface area (Å²) in [5.74, 6) is 1.40. The third-order valence-electron chi connectivity index (χ3n) is 6.90. The first-order chi connectivity index (χ1) is 18.5. The molecule has 2 aromatic heterocycles. The molecule has 194 valence electrons. The van der Waals surface area contributed by atoms with E-state index in [1.165, 1.54) is 0 Å². The van der Waals surface area contributed by atoms with E-state index in [1.807, 2.05) is 84.6 Å². The lowest BCUT2D eigenvalue weighted by molar-refractivity contribution is -0.116. The van der Waals surface area contributed by atoms with E-state index < -0.39 is 0 Å². The molecule has 2 atom stereocenters. The van der Waals surface area contributed by atoms with Gasteiger partial charge in [-0.25, -0.2) is 0 Å². The van der Waals surface area contributed by atoms with Crippen LogP contribution in [0.3, 0.4) is 0 Å². The van der Waals surface area contributed by atoms with E-state index in [1.54, 1.807) is 6.20 Å². The Morgan fingerprint density at radius 3 is 2.71 bits per heavy atom. The molecule has 6 nitrogen and oxygen atoms in total. The van der Waals surface area contributed by atoms with Gasteiger partial charge in [0.05, 0.1) is 11.7 Å². The van der Waals surface area contributed by atoms with Gasteiger partial charge in [0.2, 0.25) is 5.91 Å². The van der Waals surface area contributed by atoms with Crippen molar-refractivity contribution >= 4 is 40.5 Å². The second-order valence-corrected chi connectivity index (χ2v) is 10.0. The number of aromatic nitrogens is 1. The molecule has 8 heteroatoms. The van der Waals surface area contributed by atoms with Gasteiger partial charge in [0.25, 0.3) is 0 Å². The van der Waals surface area contributed by atoms with Crippen molar-refractivity contribution in [3.8, 4) is 11.3 Å². The van der Waals surface area contributed by atoms with E-state index in [0.29, 0.717) is 16.7 Å². The Morgan fingerprint density at radius 2 is 1.92 bits per heavy atom. The van der Waals surface area contributed by atoms with Crippen molar-refractivity contribution in [2.24, 2.45) is 0 Å². The molecule has 1 aliphatic heterocycles. The number of aryl methyl sites for hydroxylation is 1. The molecule has 0 aliphatic carbocycles. The summed E-state index contributed by atoms with van der Waals surface area (Å²) in [7, 11) is 0. The number of nitrogens with one attached hydrogen (secondary N) is 2. The number of hydrogen-bond donors (Lipinski definition) is 2. The largest absolute Gasteiger partial charge is 0.459 e. The molecule has 1 amide bonds. The molecule has 4 aromatic rings. The Balaban J connectivity index is 1.41. The van der Waals surface area contributed by atoms with Gasteiger partial charge in [-0.05, 0) is 73.1 Å². The van der Waals surface area contributed by atoms with Crippen LogP contribution in [0.1, 0.15) is 48.0 Å². The molecule has 0 spiro atoms. The van der Waals surface area contributed by atoms with Gasteiger partial charge < -0.3 is 20.0 Å². The van der Waals surface area contributed by atoms with Crippen LogP contribution in [0.25, 0.3) is 11.3 Å². The molecular formula is C30H29ClN4O2S. The van der Waals surface area contributed by atoms with E-state index in [-0.39, 0.29) is 24.4 Å². The quantitative estimate of drug-likeness (QED) is 0.236. The van der Waals surface area contributed by atoms with Crippen molar-refractivity contribution in [2.45, 2.75) is 38.8 Å². The molecular weight excluding hydrogens is 516 g/mol. The molecule has 38 heavy (non-hydrogen) atoms. The molecule has 3 heterocycles. The summed E-state index contributed by atoms with van der Waals surface area (Å²) in [6.07, 6.45) is 2.88. The number of nitrogens with zero attached hydrogens (tertiary/aromatic N) is 2. The number of carbonyl (C=O) groups excluding carboxylic acids is 1. The molecule has 0 bridgehead atoms. The van der Waals surface area contributed by atoms with Gasteiger partial charge in [0.15, 0.2) is 5.11 Å². The fourth-order valence-corrected chi connectivity index (χ4v) is 5.38. The summed E-state index contributed by atoms with van der Waals surface area (Å²) in [6, 6.07) is 22.9. The number of para-hydroxylation sites is 1. The molecule has 1 fully saturated rings. The summed E-state index contributed by atoms with van der Waals surface area (Å²) >= 11 is 12.1. The van der Waals surface area contributed by atoms with Gasteiger partial charge in [0, 0.05) is 35.4 Å². The highest BCUT2D eigenvalue weighted by Gasteiger charge is 2.41. The van der Waals surface area contributed by atoms with Crippen molar-refractivity contribution in [2.75, 3.05) is 11.9 Å². The standard InChI is InChI=1S/C30H29ClN4O2S/c1-3-20-9-4-5-12-23(20)33-27(36)16-18-35-29(28(34-30(35)38)24-13-6-7-17-32-24)26-15-14-25(37-26)21-10-8-11-22(31)19(21)2/h4-15,17,28-29H,3,16,18H2,1-2H3,(H,33,36)(H,34,38)/t28-,29-/m1/s1. The number of furan rings is 1. The highest BCUT2D eigenvalue weighted by Crippen LogP contribution is 2.41. The zero-order chi connectivity index (χ0) is 26.6. The average molecular weight is 545 g/mol. The van der Waals surface area contributed by atoms with Gasteiger partial charge in [0.1, 0.15) is 17.6 Å². The SMILES string of the molecule is CCc1ccccc1NC(=O)CCN1C(=S)N[C@H](c2ccccn2)[C@H]1c1ccc(-c2cccc(Cl)c2C)o1. The van der Waals surface area contributed by atoms with Gasteiger partial charge in [-0.1, -0.05) is 54.9 Å². The Labute approximate surface area is 233 Å². The maximum atomic E-state index is 12.9. The number of pyridine rings is 1. The average Bonchev–Trinajstić information content (AvgIpc) is 3.54. The number of anilines is 1. The second-order valence-electron chi connectivity index (χ2n) is 9.24. The molecule has 5 rings (SSSR count). The minimum Gasteiger partial charge on any atom is -0.459 e. The van der Waals surface area contributed by atoms with Gasteiger partial charge >= 0.3 is 0 Å². The van der Waals surface area contributed by atoms with Crippen LogP contribution in [-0.2, 0) is 11.2 Å². The Morgan fingerprint density at radius 1 is 1.11 bits per heavy atom. The fourth-order valence-electron chi connectivity index (χ4n) is 4.87. The number of hydrogen-bond acceptors (Lipinski definition) is 4. The molecule has 1 aliphatic rings. The number of rotatable bonds is 8. The normalized spacial score (nSPS) is 16.9. The minimum atomic E-state index is -0.277. The monoisotopic (exact) mass is 544 g/mol. The Kier molecular flexibility index (Phi) is 7.77. The first-order valence-electron chi connectivity index (χ1n) is 12.7. The Hall–Kier alpha value is -3.68. The summed E-state index contributed by atoms with van der Waals surface area (Å²) < 4.78 is 6.42. The van der Waals surface area contributed by atoms with E-state index in [2.05, 4.69) is 22.5 Å². The van der Waals surface area contributed by atoms with E-state index in [0.717, 1.165) is 46.0 Å². The molecule has 2 aromatic carbocycles. The van der Waals surface area contributed by atoms with Crippen LogP contribution < -0.4 is 10.6 Å². The van der Waals surface area contributed by atoms with Gasteiger partial charge in [-0.15, -0.1) is 0 Å². The maximum Gasteiger partial charge on any atom is 0.226 e. The van der Waals surface area contributed by atoms with Crippen molar-refractivity contribution in [3.05, 3.63) is 107 Å². The van der Waals surface area contributed by atoms with Crippen LogP contribution >= 0.6 is 23.8 Å². The minimum absolute atomic E-state index is 0.0663. The van der Waals surface area contributed by atoms with Gasteiger partial charge in [-0.2, -0.15) is 0 Å². The lowest BCUT2D eigenvalue weighted by Crippen LogP contribution is -2.32. The summed E-state index contributed by atoms with van der Waals surface area (Å²) in [5, 5.41) is 7.72.